The highest BCUT2D eigenvalue weighted by Gasteiger charge is 2.44. The number of likely N-dealkylation sites (N-methyl/N-ethyl adjacent to an activating group) is 2. The van der Waals surface area contributed by atoms with Gasteiger partial charge in [0.2, 0.25) is 0 Å². The van der Waals surface area contributed by atoms with Crippen LogP contribution < -0.4 is 9.80 Å². The normalized spacial score (nSPS) is 22.4. The van der Waals surface area contributed by atoms with E-state index in [0.717, 1.165) is 37.4 Å². The number of allylic oxidation sites excluding steroid dienone is 7. The first-order valence-corrected chi connectivity index (χ1v) is 17.1. The first-order chi connectivity index (χ1) is 21.7. The maximum atomic E-state index is 7.24. The number of rotatable bonds is 5. The van der Waals surface area contributed by atoms with Crippen LogP contribution in [0.25, 0.3) is 21.5 Å². The minimum absolute atomic E-state index is 0.0235. The molecule has 1 unspecified atom stereocenters. The number of anilines is 2. The fourth-order valence-corrected chi connectivity index (χ4v) is 8.86. The zero-order valence-corrected chi connectivity index (χ0v) is 28.4. The molecule has 0 spiro atoms. The zero-order valence-electron chi connectivity index (χ0n) is 27.6. The third-order valence-corrected chi connectivity index (χ3v) is 11.2. The van der Waals surface area contributed by atoms with Crippen molar-refractivity contribution in [3.8, 4) is 0 Å². The lowest BCUT2D eigenvalue weighted by Gasteiger charge is -2.32. The largest absolute Gasteiger partial charge is 0.364 e. The average Bonchev–Trinajstić information content (AvgIpc) is 3.41. The van der Waals surface area contributed by atoms with Crippen molar-refractivity contribution in [2.24, 2.45) is 0 Å². The van der Waals surface area contributed by atoms with Crippen LogP contribution in [0.15, 0.2) is 119 Å². The van der Waals surface area contributed by atoms with E-state index in [2.05, 4.69) is 148 Å². The Kier molecular flexibility index (Phi) is 7.48. The summed E-state index contributed by atoms with van der Waals surface area (Å²) in [4.78, 5) is 5.06. The average molecular weight is 613 g/mol. The van der Waals surface area contributed by atoms with Crippen molar-refractivity contribution in [1.29, 1.82) is 0 Å². The maximum absolute atomic E-state index is 7.24. The van der Waals surface area contributed by atoms with E-state index in [1.807, 2.05) is 0 Å². The molecule has 4 aromatic rings. The fraction of sp³-hybridized carbons (Fsp3) is 0.333. The van der Waals surface area contributed by atoms with E-state index in [0.29, 0.717) is 0 Å². The van der Waals surface area contributed by atoms with E-state index in [-0.39, 0.29) is 16.9 Å². The van der Waals surface area contributed by atoms with Gasteiger partial charge in [0.15, 0.2) is 0 Å². The second-order valence-electron chi connectivity index (χ2n) is 14.0. The molecule has 1 atom stereocenters. The summed E-state index contributed by atoms with van der Waals surface area (Å²) in [6.07, 6.45) is 12.6. The lowest BCUT2D eigenvalue weighted by Crippen LogP contribution is -2.39. The second kappa shape index (κ2) is 11.2. The van der Waals surface area contributed by atoms with Crippen LogP contribution in [0.4, 0.5) is 11.4 Å². The zero-order chi connectivity index (χ0) is 31.5. The third kappa shape index (κ3) is 4.67. The van der Waals surface area contributed by atoms with Crippen LogP contribution in [-0.4, -0.2) is 19.1 Å². The molecule has 0 radical (unpaired) electrons. The van der Waals surface area contributed by atoms with Crippen LogP contribution in [0.5, 0.6) is 0 Å². The van der Waals surface area contributed by atoms with Crippen molar-refractivity contribution in [2.75, 3.05) is 22.9 Å². The number of halogens is 1. The SMILES string of the molecule is CCN1/C(=C\C=C2/CCCC(/C=C/C3N(CC)c4ccc5ccccc5c4C3(C)C)=C2Cl)C(C)(C)c2c1ccc1ccccc21. The Labute approximate surface area is 274 Å². The first kappa shape index (κ1) is 29.9. The molecule has 1 aliphatic carbocycles. The summed E-state index contributed by atoms with van der Waals surface area (Å²) in [6, 6.07) is 27.0. The Morgan fingerprint density at radius 1 is 0.756 bits per heavy atom. The van der Waals surface area contributed by atoms with Gasteiger partial charge in [-0.25, -0.2) is 0 Å². The van der Waals surface area contributed by atoms with E-state index in [9.17, 15) is 0 Å². The van der Waals surface area contributed by atoms with Crippen LogP contribution in [0.1, 0.15) is 71.9 Å². The summed E-state index contributed by atoms with van der Waals surface area (Å²) in [6.45, 7) is 16.0. The Hall–Kier alpha value is -3.75. The van der Waals surface area contributed by atoms with E-state index < -0.39 is 0 Å². The van der Waals surface area contributed by atoms with E-state index in [1.54, 1.807) is 0 Å². The predicted octanol–water partition coefficient (Wildman–Crippen LogP) is 11.3. The Morgan fingerprint density at radius 3 is 2.07 bits per heavy atom. The Bertz CT molecular complexity index is 1940. The molecule has 7 rings (SSSR count). The van der Waals surface area contributed by atoms with Crippen LogP contribution in [0, 0.1) is 0 Å². The van der Waals surface area contributed by atoms with Gasteiger partial charge in [-0.3, -0.25) is 0 Å². The van der Waals surface area contributed by atoms with Gasteiger partial charge < -0.3 is 9.80 Å². The second-order valence-corrected chi connectivity index (χ2v) is 14.4. The summed E-state index contributed by atoms with van der Waals surface area (Å²) in [5, 5.41) is 6.27. The fourth-order valence-electron chi connectivity index (χ4n) is 8.55. The van der Waals surface area contributed by atoms with Crippen LogP contribution in [0.3, 0.4) is 0 Å². The van der Waals surface area contributed by atoms with Gasteiger partial charge in [0.25, 0.3) is 0 Å². The summed E-state index contributed by atoms with van der Waals surface area (Å²) in [5.74, 6) is 0. The monoisotopic (exact) mass is 612 g/mol. The quantitative estimate of drug-likeness (QED) is 0.221. The molecule has 2 heterocycles. The van der Waals surface area contributed by atoms with Crippen molar-refractivity contribution in [3.63, 3.8) is 0 Å². The summed E-state index contributed by atoms with van der Waals surface area (Å²) in [5.41, 5.74) is 9.29. The van der Waals surface area contributed by atoms with Crippen LogP contribution in [-0.2, 0) is 10.8 Å². The van der Waals surface area contributed by atoms with E-state index >= 15 is 0 Å². The number of fused-ring (bicyclic) bond motifs is 6. The highest BCUT2D eigenvalue weighted by Crippen LogP contribution is 2.51. The molecule has 0 N–H and O–H groups in total. The lowest BCUT2D eigenvalue weighted by atomic mass is 9.78. The topological polar surface area (TPSA) is 6.48 Å². The van der Waals surface area contributed by atoms with Crippen LogP contribution >= 0.6 is 11.6 Å². The summed E-state index contributed by atoms with van der Waals surface area (Å²) < 4.78 is 0. The molecule has 3 aliphatic rings. The maximum Gasteiger partial charge on any atom is 0.0568 e. The van der Waals surface area contributed by atoms with Gasteiger partial charge >= 0.3 is 0 Å². The highest BCUT2D eigenvalue weighted by atomic mass is 35.5. The van der Waals surface area contributed by atoms with Gasteiger partial charge in [-0.2, -0.15) is 0 Å². The Morgan fingerprint density at radius 2 is 1.40 bits per heavy atom. The molecule has 2 nitrogen and oxygen atoms in total. The molecule has 45 heavy (non-hydrogen) atoms. The lowest BCUT2D eigenvalue weighted by molar-refractivity contribution is 0.481. The number of nitrogens with zero attached hydrogens (tertiary/aromatic N) is 2. The molecule has 0 saturated carbocycles. The minimum Gasteiger partial charge on any atom is -0.364 e. The minimum atomic E-state index is -0.103. The van der Waals surface area contributed by atoms with Gasteiger partial charge in [-0.05, 0) is 95.1 Å². The highest BCUT2D eigenvalue weighted by molar-refractivity contribution is 6.32. The van der Waals surface area contributed by atoms with Gasteiger partial charge in [0.1, 0.15) is 0 Å². The molecule has 3 heteroatoms. The molecule has 230 valence electrons. The van der Waals surface area contributed by atoms with Gasteiger partial charge in [0.05, 0.1) is 6.04 Å². The molecular formula is C42H45ClN2. The van der Waals surface area contributed by atoms with Crippen LogP contribution in [0.2, 0.25) is 0 Å². The number of benzene rings is 4. The van der Waals surface area contributed by atoms with E-state index in [1.165, 1.54) is 60.9 Å². The molecule has 0 bridgehead atoms. The van der Waals surface area contributed by atoms with Crippen molar-refractivity contribution in [2.45, 2.75) is 77.7 Å². The standard InChI is InChI=1S/C42H45ClN2/c1-7-44-34-24-20-28-14-9-11-18-32(28)38(34)41(3,4)36(44)26-22-30-16-13-17-31(40(30)43)23-27-37-42(5,6)39-33-19-12-10-15-29(33)21-25-35(39)45(37)8-2/h9-12,14-15,18-27,36H,7-8,13,16-17H2,1-6H3/b26-22+,31-23+,37-27-. The number of hydrogen-bond acceptors (Lipinski definition) is 2. The first-order valence-electron chi connectivity index (χ1n) is 16.8. The van der Waals surface area contributed by atoms with Gasteiger partial charge in [-0.1, -0.05) is 118 Å². The van der Waals surface area contributed by atoms with Crippen molar-refractivity contribution < 1.29 is 0 Å². The van der Waals surface area contributed by atoms with Crippen molar-refractivity contribution >= 4 is 44.5 Å². The third-order valence-electron chi connectivity index (χ3n) is 10.7. The molecule has 4 aromatic carbocycles. The molecule has 0 amide bonds. The van der Waals surface area contributed by atoms with Gasteiger partial charge in [-0.15, -0.1) is 0 Å². The van der Waals surface area contributed by atoms with E-state index in [4.69, 9.17) is 11.6 Å². The van der Waals surface area contributed by atoms with Crippen molar-refractivity contribution in [3.05, 3.63) is 130 Å². The summed E-state index contributed by atoms with van der Waals surface area (Å²) >= 11 is 7.24. The van der Waals surface area contributed by atoms with Gasteiger partial charge in [0, 0.05) is 46.0 Å². The molecule has 0 fully saturated rings. The molecular weight excluding hydrogens is 568 g/mol. The van der Waals surface area contributed by atoms with Crippen molar-refractivity contribution in [1.82, 2.24) is 0 Å². The molecule has 0 saturated heterocycles. The number of hydrogen-bond donors (Lipinski definition) is 0. The smallest absolute Gasteiger partial charge is 0.0568 e. The Balaban J connectivity index is 1.23. The predicted molar refractivity (Wildman–Crippen MR) is 196 cm³/mol. The summed E-state index contributed by atoms with van der Waals surface area (Å²) in [7, 11) is 0. The molecule has 2 aliphatic heterocycles. The molecule has 0 aromatic heterocycles.